The van der Waals surface area contributed by atoms with Gasteiger partial charge in [0.15, 0.2) is 0 Å². The molecule has 0 aliphatic carbocycles. The lowest BCUT2D eigenvalue weighted by atomic mass is 10.1. The molecule has 0 unspecified atom stereocenters. The predicted molar refractivity (Wildman–Crippen MR) is 89.6 cm³/mol. The van der Waals surface area contributed by atoms with Crippen LogP contribution in [0.1, 0.15) is 17.5 Å². The summed E-state index contributed by atoms with van der Waals surface area (Å²) in [7, 11) is 0. The monoisotopic (exact) mass is 292 g/mol. The minimum atomic E-state index is 0.0818. The lowest BCUT2D eigenvalue weighted by molar-refractivity contribution is -0.121. The van der Waals surface area contributed by atoms with Crippen molar-refractivity contribution in [2.24, 2.45) is 0 Å². The molecule has 3 nitrogen and oxygen atoms in total. The quantitative estimate of drug-likeness (QED) is 0.765. The lowest BCUT2D eigenvalue weighted by Crippen LogP contribution is -2.23. The molecule has 0 saturated heterocycles. The summed E-state index contributed by atoms with van der Waals surface area (Å²) in [5, 5.41) is 4.19. The van der Waals surface area contributed by atoms with Gasteiger partial charge in [-0.1, -0.05) is 48.0 Å². The maximum absolute atomic E-state index is 12.0. The van der Waals surface area contributed by atoms with E-state index in [2.05, 4.69) is 59.3 Å². The Morgan fingerprint density at radius 3 is 2.64 bits per heavy atom. The van der Waals surface area contributed by atoms with Gasteiger partial charge in [0.05, 0.1) is 0 Å². The number of aryl methyl sites for hydroxylation is 2. The van der Waals surface area contributed by atoms with E-state index in [1.165, 1.54) is 16.5 Å². The van der Waals surface area contributed by atoms with Crippen LogP contribution >= 0.6 is 0 Å². The van der Waals surface area contributed by atoms with Crippen molar-refractivity contribution in [1.82, 2.24) is 9.88 Å². The van der Waals surface area contributed by atoms with Crippen LogP contribution in [0.15, 0.2) is 60.8 Å². The molecule has 1 aromatic heterocycles. The van der Waals surface area contributed by atoms with E-state index >= 15 is 0 Å². The minimum absolute atomic E-state index is 0.0818. The third-order valence-electron chi connectivity index (χ3n) is 3.87. The van der Waals surface area contributed by atoms with E-state index in [0.29, 0.717) is 19.5 Å². The molecule has 0 radical (unpaired) electrons. The highest BCUT2D eigenvalue weighted by Gasteiger charge is 2.04. The van der Waals surface area contributed by atoms with Gasteiger partial charge >= 0.3 is 0 Å². The molecule has 2 aromatic carbocycles. The van der Waals surface area contributed by atoms with Gasteiger partial charge in [0.1, 0.15) is 0 Å². The number of amides is 1. The highest BCUT2D eigenvalue weighted by atomic mass is 16.1. The molecule has 1 N–H and O–H groups in total. The summed E-state index contributed by atoms with van der Waals surface area (Å²) in [5.74, 6) is 0.0818. The number of rotatable bonds is 5. The molecule has 0 saturated carbocycles. The molecule has 1 amide bonds. The molecule has 0 aliphatic rings. The van der Waals surface area contributed by atoms with Crippen molar-refractivity contribution in [2.45, 2.75) is 26.4 Å². The van der Waals surface area contributed by atoms with Crippen molar-refractivity contribution in [3.05, 3.63) is 71.9 Å². The Hall–Kier alpha value is -2.55. The van der Waals surface area contributed by atoms with E-state index in [4.69, 9.17) is 0 Å². The first-order valence-corrected chi connectivity index (χ1v) is 7.58. The van der Waals surface area contributed by atoms with Gasteiger partial charge in [0.2, 0.25) is 5.91 Å². The normalized spacial score (nSPS) is 10.8. The minimum Gasteiger partial charge on any atom is -0.352 e. The van der Waals surface area contributed by atoms with Crippen LogP contribution in [0.2, 0.25) is 0 Å². The van der Waals surface area contributed by atoms with Crippen molar-refractivity contribution in [1.29, 1.82) is 0 Å². The summed E-state index contributed by atoms with van der Waals surface area (Å²) in [6.07, 6.45) is 2.53. The van der Waals surface area contributed by atoms with Crippen molar-refractivity contribution in [3.63, 3.8) is 0 Å². The highest BCUT2D eigenvalue weighted by Crippen LogP contribution is 2.15. The van der Waals surface area contributed by atoms with Gasteiger partial charge in [-0.05, 0) is 30.0 Å². The number of carbonyl (C=O) groups is 1. The molecule has 0 atom stereocenters. The van der Waals surface area contributed by atoms with Crippen LogP contribution in [0.5, 0.6) is 0 Å². The number of fused-ring (bicyclic) bond motifs is 1. The summed E-state index contributed by atoms with van der Waals surface area (Å²) in [4.78, 5) is 12.0. The summed E-state index contributed by atoms with van der Waals surface area (Å²) in [5.41, 5.74) is 3.54. The van der Waals surface area contributed by atoms with E-state index < -0.39 is 0 Å². The molecular formula is C19H20N2O. The van der Waals surface area contributed by atoms with Crippen LogP contribution < -0.4 is 5.32 Å². The third kappa shape index (κ3) is 3.37. The third-order valence-corrected chi connectivity index (χ3v) is 3.87. The maximum Gasteiger partial charge on any atom is 0.222 e. The fraction of sp³-hybridized carbons (Fsp3) is 0.211. The van der Waals surface area contributed by atoms with E-state index in [1.807, 2.05) is 18.3 Å². The average Bonchev–Trinajstić information content (AvgIpc) is 2.96. The Bertz CT molecular complexity index is 771. The van der Waals surface area contributed by atoms with Gasteiger partial charge < -0.3 is 9.88 Å². The zero-order valence-corrected chi connectivity index (χ0v) is 12.8. The van der Waals surface area contributed by atoms with Gasteiger partial charge in [0, 0.05) is 31.2 Å². The van der Waals surface area contributed by atoms with Gasteiger partial charge in [-0.3, -0.25) is 4.79 Å². The molecule has 0 spiro atoms. The molecule has 1 heterocycles. The standard InChI is InChI=1S/C19H20N2O/c1-15-6-8-16(9-7-15)14-20-19(22)11-13-21-12-10-17-4-2-3-5-18(17)21/h2-10,12H,11,13-14H2,1H3,(H,20,22). The Morgan fingerprint density at radius 1 is 1.05 bits per heavy atom. The molecule has 0 bridgehead atoms. The SMILES string of the molecule is Cc1ccc(CNC(=O)CCn2ccc3ccccc32)cc1. The molecule has 22 heavy (non-hydrogen) atoms. The Labute approximate surface area is 130 Å². The molecule has 0 fully saturated rings. The molecular weight excluding hydrogens is 272 g/mol. The van der Waals surface area contributed by atoms with Crippen LogP contribution in [0.3, 0.4) is 0 Å². The lowest BCUT2D eigenvalue weighted by Gasteiger charge is -2.07. The zero-order valence-electron chi connectivity index (χ0n) is 12.8. The fourth-order valence-corrected chi connectivity index (χ4v) is 2.55. The van der Waals surface area contributed by atoms with Gasteiger partial charge in [0.25, 0.3) is 0 Å². The highest BCUT2D eigenvalue weighted by molar-refractivity contribution is 5.80. The molecule has 112 valence electrons. The second kappa shape index (κ2) is 6.48. The van der Waals surface area contributed by atoms with E-state index in [9.17, 15) is 4.79 Å². The van der Waals surface area contributed by atoms with E-state index in [-0.39, 0.29) is 5.91 Å². The molecule has 0 aliphatic heterocycles. The van der Waals surface area contributed by atoms with Gasteiger partial charge in [-0.2, -0.15) is 0 Å². The first kappa shape index (κ1) is 14.4. The molecule has 3 heteroatoms. The smallest absolute Gasteiger partial charge is 0.222 e. The number of hydrogen-bond donors (Lipinski definition) is 1. The summed E-state index contributed by atoms with van der Waals surface area (Å²) >= 11 is 0. The summed E-state index contributed by atoms with van der Waals surface area (Å²) in [6.45, 7) is 3.35. The van der Waals surface area contributed by atoms with Crippen LogP contribution in [0.25, 0.3) is 10.9 Å². The Kier molecular flexibility index (Phi) is 4.24. The number of aromatic nitrogens is 1. The topological polar surface area (TPSA) is 34.0 Å². The van der Waals surface area contributed by atoms with Crippen LogP contribution in [-0.4, -0.2) is 10.5 Å². The predicted octanol–water partition coefficient (Wildman–Crippen LogP) is 3.66. The number of para-hydroxylation sites is 1. The van der Waals surface area contributed by atoms with Crippen molar-refractivity contribution >= 4 is 16.8 Å². The zero-order chi connectivity index (χ0) is 15.4. The fourth-order valence-electron chi connectivity index (χ4n) is 2.55. The number of nitrogens with zero attached hydrogens (tertiary/aromatic N) is 1. The van der Waals surface area contributed by atoms with Gasteiger partial charge in [-0.25, -0.2) is 0 Å². The Morgan fingerprint density at radius 2 is 1.82 bits per heavy atom. The van der Waals surface area contributed by atoms with Crippen molar-refractivity contribution < 1.29 is 4.79 Å². The number of nitrogens with one attached hydrogen (secondary N) is 1. The number of carbonyl (C=O) groups excluding carboxylic acids is 1. The largest absolute Gasteiger partial charge is 0.352 e. The molecule has 3 aromatic rings. The van der Waals surface area contributed by atoms with Crippen LogP contribution in [-0.2, 0) is 17.9 Å². The second-order valence-corrected chi connectivity index (χ2v) is 5.58. The molecule has 3 rings (SSSR count). The van der Waals surface area contributed by atoms with E-state index in [1.54, 1.807) is 0 Å². The van der Waals surface area contributed by atoms with Crippen LogP contribution in [0, 0.1) is 6.92 Å². The maximum atomic E-state index is 12.0. The average molecular weight is 292 g/mol. The summed E-state index contributed by atoms with van der Waals surface area (Å²) < 4.78 is 2.13. The number of hydrogen-bond acceptors (Lipinski definition) is 1. The van der Waals surface area contributed by atoms with Crippen molar-refractivity contribution in [3.8, 4) is 0 Å². The van der Waals surface area contributed by atoms with E-state index in [0.717, 1.165) is 5.56 Å². The number of benzene rings is 2. The Balaban J connectivity index is 1.53. The first-order chi connectivity index (χ1) is 10.7. The second-order valence-electron chi connectivity index (χ2n) is 5.58. The van der Waals surface area contributed by atoms with Gasteiger partial charge in [-0.15, -0.1) is 0 Å². The first-order valence-electron chi connectivity index (χ1n) is 7.58. The van der Waals surface area contributed by atoms with Crippen molar-refractivity contribution in [2.75, 3.05) is 0 Å². The summed E-state index contributed by atoms with van der Waals surface area (Å²) in [6, 6.07) is 18.5. The van der Waals surface area contributed by atoms with Crippen LogP contribution in [0.4, 0.5) is 0 Å².